The van der Waals surface area contributed by atoms with E-state index in [9.17, 15) is 14.4 Å². The molecule has 3 N–H and O–H groups in total. The number of carbonyl (C=O) groups excluding carboxylic acids is 3. The average Bonchev–Trinajstić information content (AvgIpc) is 2.94. The Balaban J connectivity index is 1.97. The summed E-state index contributed by atoms with van der Waals surface area (Å²) in [5.41, 5.74) is 0.286. The van der Waals surface area contributed by atoms with Crippen LogP contribution in [0.1, 0.15) is 24.2 Å². The summed E-state index contributed by atoms with van der Waals surface area (Å²) in [6, 6.07) is 6.24. The van der Waals surface area contributed by atoms with Crippen LogP contribution in [-0.4, -0.2) is 52.6 Å². The van der Waals surface area contributed by atoms with Crippen molar-refractivity contribution < 1.29 is 19.1 Å². The minimum atomic E-state index is -0.749. The third-order valence-corrected chi connectivity index (χ3v) is 4.74. The fourth-order valence-electron chi connectivity index (χ4n) is 2.19. The molecule has 9 nitrogen and oxygen atoms in total. The van der Waals surface area contributed by atoms with Gasteiger partial charge in [0.2, 0.25) is 5.91 Å². The highest BCUT2D eigenvalue weighted by Crippen LogP contribution is 2.30. The van der Waals surface area contributed by atoms with Crippen LogP contribution in [0.4, 0.5) is 10.6 Å². The number of halogens is 2. The Morgan fingerprint density at radius 2 is 2.04 bits per heavy atom. The number of anilines is 1. The van der Waals surface area contributed by atoms with Gasteiger partial charge in [-0.3, -0.25) is 14.7 Å². The molecule has 1 aromatic carbocycles. The molecule has 0 aliphatic heterocycles. The molecule has 0 aliphatic carbocycles. The molecular formula is C17H19BrClN5O4. The van der Waals surface area contributed by atoms with E-state index >= 15 is 0 Å². The summed E-state index contributed by atoms with van der Waals surface area (Å²) in [7, 11) is 1.63. The lowest BCUT2D eigenvalue weighted by Gasteiger charge is -2.20. The topological polar surface area (TPSA) is 116 Å². The maximum Gasteiger partial charge on any atom is 0.414 e. The van der Waals surface area contributed by atoms with Crippen molar-refractivity contribution >= 4 is 51.3 Å². The minimum absolute atomic E-state index is 0.0564. The number of likely N-dealkylation sites (N-methyl/N-ethyl adjacent to an activating group) is 1. The Hall–Kier alpha value is -2.59. The number of H-pyrrole nitrogens is 1. The third-order valence-electron chi connectivity index (χ3n) is 3.67. The molecule has 1 atom stereocenters. The van der Waals surface area contributed by atoms with E-state index in [2.05, 4.69) is 36.8 Å². The fraction of sp³-hybridized carbons (Fsp3) is 0.294. The molecule has 28 heavy (non-hydrogen) atoms. The van der Waals surface area contributed by atoms with Crippen molar-refractivity contribution in [2.24, 2.45) is 0 Å². The van der Waals surface area contributed by atoms with E-state index in [0.29, 0.717) is 11.6 Å². The number of hydrogen-bond donors (Lipinski definition) is 3. The second kappa shape index (κ2) is 9.56. The number of aromatic amines is 1. The first kappa shape index (κ1) is 21.7. The molecule has 1 heterocycles. The van der Waals surface area contributed by atoms with Crippen LogP contribution in [0.15, 0.2) is 28.7 Å². The quantitative estimate of drug-likeness (QED) is 0.597. The van der Waals surface area contributed by atoms with Gasteiger partial charge in [0.1, 0.15) is 10.3 Å². The van der Waals surface area contributed by atoms with Gasteiger partial charge in [-0.25, -0.2) is 4.79 Å². The van der Waals surface area contributed by atoms with Crippen LogP contribution < -0.4 is 15.4 Å². The van der Waals surface area contributed by atoms with Crippen LogP contribution in [-0.2, 0) is 4.79 Å². The van der Waals surface area contributed by atoms with Crippen molar-refractivity contribution in [3.05, 3.63) is 39.3 Å². The third kappa shape index (κ3) is 5.70. The second-order valence-corrected chi connectivity index (χ2v) is 7.19. The lowest BCUT2D eigenvalue weighted by Crippen LogP contribution is -2.43. The highest BCUT2D eigenvalue weighted by molar-refractivity contribution is 9.10. The normalized spacial score (nSPS) is 11.5. The molecule has 150 valence electrons. The molecule has 1 aromatic heterocycles. The maximum absolute atomic E-state index is 12.3. The number of rotatable bonds is 6. The van der Waals surface area contributed by atoms with Gasteiger partial charge in [0, 0.05) is 26.6 Å². The predicted molar refractivity (Wildman–Crippen MR) is 108 cm³/mol. The smallest absolute Gasteiger partial charge is 0.388 e. The number of nitrogens with zero attached hydrogens (tertiary/aromatic N) is 2. The Bertz CT molecular complexity index is 888. The van der Waals surface area contributed by atoms with Crippen LogP contribution in [0.5, 0.6) is 5.88 Å². The van der Waals surface area contributed by atoms with Crippen molar-refractivity contribution in [2.45, 2.75) is 19.9 Å². The molecule has 0 aliphatic rings. The highest BCUT2D eigenvalue weighted by atomic mass is 79.9. The highest BCUT2D eigenvalue weighted by Gasteiger charge is 2.20. The van der Waals surface area contributed by atoms with E-state index in [1.165, 1.54) is 11.8 Å². The summed E-state index contributed by atoms with van der Waals surface area (Å²) in [6.07, 6.45) is -0.749. The summed E-state index contributed by atoms with van der Waals surface area (Å²) in [5, 5.41) is 11.9. The summed E-state index contributed by atoms with van der Waals surface area (Å²) in [5.74, 6) is -0.418. The molecule has 0 radical (unpaired) electrons. The number of hydrogen-bond acceptors (Lipinski definition) is 5. The van der Waals surface area contributed by atoms with E-state index in [-0.39, 0.29) is 33.7 Å². The maximum atomic E-state index is 12.3. The molecule has 0 unspecified atom stereocenters. The van der Waals surface area contributed by atoms with Crippen LogP contribution >= 0.6 is 27.5 Å². The molecule has 0 spiro atoms. The van der Waals surface area contributed by atoms with Gasteiger partial charge >= 0.3 is 6.09 Å². The van der Waals surface area contributed by atoms with Gasteiger partial charge in [0.15, 0.2) is 0 Å². The van der Waals surface area contributed by atoms with Gasteiger partial charge < -0.3 is 20.3 Å². The molecule has 0 saturated carbocycles. The van der Waals surface area contributed by atoms with Gasteiger partial charge in [-0.05, 0) is 35.0 Å². The molecule has 0 saturated heterocycles. The summed E-state index contributed by atoms with van der Waals surface area (Å²) in [6.45, 7) is 3.49. The first-order valence-electron chi connectivity index (χ1n) is 8.18. The Labute approximate surface area is 174 Å². The number of carbonyl (C=O) groups is 3. The van der Waals surface area contributed by atoms with E-state index in [0.717, 1.165) is 0 Å². The van der Waals surface area contributed by atoms with E-state index < -0.39 is 12.0 Å². The predicted octanol–water partition coefficient (Wildman–Crippen LogP) is 3.03. The largest absolute Gasteiger partial charge is 0.414 e. The lowest BCUT2D eigenvalue weighted by atomic mass is 10.2. The number of amides is 3. The molecule has 2 aromatic rings. The Morgan fingerprint density at radius 3 is 2.68 bits per heavy atom. The van der Waals surface area contributed by atoms with Crippen LogP contribution in [0.2, 0.25) is 5.02 Å². The molecule has 11 heteroatoms. The number of ether oxygens (including phenoxy) is 1. The zero-order chi connectivity index (χ0) is 20.8. The molecule has 0 bridgehead atoms. The van der Waals surface area contributed by atoms with Crippen LogP contribution in [0.3, 0.4) is 0 Å². The Morgan fingerprint density at radius 1 is 1.36 bits per heavy atom. The minimum Gasteiger partial charge on any atom is -0.388 e. The second-order valence-electron chi connectivity index (χ2n) is 5.99. The Kier molecular flexibility index (Phi) is 7.41. The number of aromatic nitrogens is 2. The number of benzene rings is 1. The summed E-state index contributed by atoms with van der Waals surface area (Å²) < 4.78 is 5.39. The first-order chi connectivity index (χ1) is 13.2. The van der Waals surface area contributed by atoms with Gasteiger partial charge in [0.25, 0.3) is 11.8 Å². The van der Waals surface area contributed by atoms with E-state index in [1.807, 2.05) is 0 Å². The molecule has 3 amide bonds. The SMILES string of the molecule is CC(=O)N(C)C[C@@H](C)NC(=O)Oc1n[nH]c(NC(=O)c2ccccc2Cl)c1Br. The molecule has 2 rings (SSSR count). The lowest BCUT2D eigenvalue weighted by molar-refractivity contribution is -0.127. The first-order valence-corrected chi connectivity index (χ1v) is 9.36. The van der Waals surface area contributed by atoms with Gasteiger partial charge in [-0.2, -0.15) is 0 Å². The van der Waals surface area contributed by atoms with Gasteiger partial charge in [0.05, 0.1) is 10.6 Å². The van der Waals surface area contributed by atoms with Crippen molar-refractivity contribution in [3.8, 4) is 5.88 Å². The van der Waals surface area contributed by atoms with Gasteiger partial charge in [-0.1, -0.05) is 23.7 Å². The van der Waals surface area contributed by atoms with Crippen molar-refractivity contribution in [3.63, 3.8) is 0 Å². The monoisotopic (exact) mass is 471 g/mol. The van der Waals surface area contributed by atoms with Crippen LogP contribution in [0, 0.1) is 0 Å². The van der Waals surface area contributed by atoms with Crippen molar-refractivity contribution in [1.82, 2.24) is 20.4 Å². The zero-order valence-electron chi connectivity index (χ0n) is 15.4. The average molecular weight is 473 g/mol. The standard InChI is InChI=1S/C17H19BrClN5O4/c1-9(8-24(3)10(2)25)20-17(27)28-16-13(18)14(22-23-16)21-15(26)11-6-4-5-7-12(11)19/h4-7,9H,8H2,1-3H3,(H,20,27)(H2,21,22,23,26)/t9-/m1/s1. The number of nitrogens with one attached hydrogen (secondary N) is 3. The summed E-state index contributed by atoms with van der Waals surface area (Å²) in [4.78, 5) is 37.0. The van der Waals surface area contributed by atoms with E-state index in [1.54, 1.807) is 38.2 Å². The van der Waals surface area contributed by atoms with E-state index in [4.69, 9.17) is 16.3 Å². The molecular weight excluding hydrogens is 454 g/mol. The fourth-order valence-corrected chi connectivity index (χ4v) is 2.77. The van der Waals surface area contributed by atoms with Crippen molar-refractivity contribution in [2.75, 3.05) is 18.9 Å². The van der Waals surface area contributed by atoms with Crippen molar-refractivity contribution in [1.29, 1.82) is 0 Å². The zero-order valence-corrected chi connectivity index (χ0v) is 17.7. The van der Waals surface area contributed by atoms with Gasteiger partial charge in [-0.15, -0.1) is 5.10 Å². The van der Waals surface area contributed by atoms with Crippen LogP contribution in [0.25, 0.3) is 0 Å². The summed E-state index contributed by atoms with van der Waals surface area (Å²) >= 11 is 9.23. The molecule has 0 fully saturated rings.